The number of amides is 1. The zero-order chi connectivity index (χ0) is 19.1. The van der Waals surface area contributed by atoms with E-state index < -0.39 is 17.6 Å². The third-order valence-electron chi connectivity index (χ3n) is 3.70. The summed E-state index contributed by atoms with van der Waals surface area (Å²) in [6.07, 6.45) is -2.33. The van der Waals surface area contributed by atoms with Crippen molar-refractivity contribution in [3.05, 3.63) is 35.8 Å². The van der Waals surface area contributed by atoms with Gasteiger partial charge in [0, 0.05) is 18.8 Å². The van der Waals surface area contributed by atoms with Crippen LogP contribution in [0.3, 0.4) is 0 Å². The number of ether oxygens (including phenoxy) is 1. The maximum atomic E-state index is 13.4. The van der Waals surface area contributed by atoms with Gasteiger partial charge in [0.25, 0.3) is 5.91 Å². The minimum Gasteiger partial charge on any atom is -0.480 e. The number of aromatic nitrogens is 4. The van der Waals surface area contributed by atoms with E-state index in [1.54, 1.807) is 0 Å². The first-order valence-electron chi connectivity index (χ1n) is 7.23. The van der Waals surface area contributed by atoms with E-state index in [0.29, 0.717) is 0 Å². The minimum atomic E-state index is -4.66. The summed E-state index contributed by atoms with van der Waals surface area (Å²) in [4.78, 5) is 19.6. The molecule has 1 amide bonds. The van der Waals surface area contributed by atoms with Crippen molar-refractivity contribution >= 4 is 17.2 Å². The number of alkyl halides is 3. The summed E-state index contributed by atoms with van der Waals surface area (Å²) in [5, 5.41) is 6.27. The Morgan fingerprint density at radius 2 is 2.04 bits per heavy atom. The number of methoxy groups -OCH3 is 1. The van der Waals surface area contributed by atoms with Crippen LogP contribution in [0.2, 0.25) is 0 Å². The van der Waals surface area contributed by atoms with Crippen molar-refractivity contribution in [1.82, 2.24) is 24.9 Å². The molecule has 0 unspecified atom stereocenters. The van der Waals surface area contributed by atoms with E-state index in [9.17, 15) is 18.0 Å². The third kappa shape index (κ3) is 2.76. The van der Waals surface area contributed by atoms with Gasteiger partial charge in [-0.3, -0.25) is 4.79 Å². The van der Waals surface area contributed by atoms with E-state index in [0.717, 1.165) is 16.9 Å². The highest BCUT2D eigenvalue weighted by molar-refractivity contribution is 5.97. The largest absolute Gasteiger partial charge is 0.480 e. The number of carbonyl (C=O) groups is 1. The molecule has 11 heteroatoms. The van der Waals surface area contributed by atoms with Gasteiger partial charge in [-0.1, -0.05) is 0 Å². The summed E-state index contributed by atoms with van der Waals surface area (Å²) < 4.78 is 46.2. The SMILES string of the molecule is CNC(=O)c1cc(-c2cc(C(F)(F)F)c3c(N)ncnn23)cnc1OC. The molecule has 0 saturated carbocycles. The van der Waals surface area contributed by atoms with Gasteiger partial charge in [0.2, 0.25) is 5.88 Å². The number of pyridine rings is 1. The van der Waals surface area contributed by atoms with Crippen LogP contribution in [-0.4, -0.2) is 39.6 Å². The Hall–Kier alpha value is -3.37. The first-order chi connectivity index (χ1) is 12.3. The highest BCUT2D eigenvalue weighted by Gasteiger charge is 2.36. The predicted octanol–water partition coefficient (Wildman–Crippen LogP) is 1.76. The molecule has 0 aliphatic heterocycles. The van der Waals surface area contributed by atoms with Crippen LogP contribution in [0.25, 0.3) is 16.8 Å². The normalized spacial score (nSPS) is 11.6. The number of nitrogens with zero attached hydrogens (tertiary/aromatic N) is 4. The number of hydrogen-bond donors (Lipinski definition) is 2. The Labute approximate surface area is 144 Å². The molecule has 26 heavy (non-hydrogen) atoms. The van der Waals surface area contributed by atoms with Crippen LogP contribution in [0.5, 0.6) is 5.88 Å². The zero-order valence-corrected chi connectivity index (χ0v) is 13.6. The maximum Gasteiger partial charge on any atom is 0.418 e. The lowest BCUT2D eigenvalue weighted by atomic mass is 10.1. The lowest BCUT2D eigenvalue weighted by Crippen LogP contribution is -2.19. The standard InChI is InChI=1S/C15H13F3N6O2/c1-20-13(25)8-3-7(5-21-14(8)26-2)10-4-9(15(16,17)18)11-12(19)22-6-23-24(10)11/h3-6H,1-2H3,(H,20,25)(H2,19,22,23). The van der Waals surface area contributed by atoms with E-state index in [1.165, 1.54) is 26.4 Å². The molecule has 0 aromatic carbocycles. The van der Waals surface area contributed by atoms with Gasteiger partial charge in [-0.2, -0.15) is 18.3 Å². The molecule has 8 nitrogen and oxygen atoms in total. The van der Waals surface area contributed by atoms with E-state index in [-0.39, 0.29) is 34.0 Å². The molecule has 3 aromatic heterocycles. The van der Waals surface area contributed by atoms with Crippen molar-refractivity contribution in [3.8, 4) is 17.1 Å². The van der Waals surface area contributed by atoms with Gasteiger partial charge in [0.1, 0.15) is 17.4 Å². The van der Waals surface area contributed by atoms with E-state index >= 15 is 0 Å². The highest BCUT2D eigenvalue weighted by Crippen LogP contribution is 2.38. The molecule has 0 aliphatic rings. The number of hydrogen-bond acceptors (Lipinski definition) is 6. The number of nitrogens with one attached hydrogen (secondary N) is 1. The molecular formula is C15H13F3N6O2. The van der Waals surface area contributed by atoms with Crippen molar-refractivity contribution in [2.45, 2.75) is 6.18 Å². The Morgan fingerprint density at radius 3 is 2.65 bits per heavy atom. The Kier molecular flexibility index (Phi) is 4.14. The summed E-state index contributed by atoms with van der Waals surface area (Å²) in [5.74, 6) is -0.770. The van der Waals surface area contributed by atoms with Crippen molar-refractivity contribution in [2.24, 2.45) is 0 Å². The smallest absolute Gasteiger partial charge is 0.418 e. The summed E-state index contributed by atoms with van der Waals surface area (Å²) in [5.41, 5.74) is 4.62. The second-order valence-corrected chi connectivity index (χ2v) is 5.21. The van der Waals surface area contributed by atoms with Gasteiger partial charge >= 0.3 is 6.18 Å². The number of rotatable bonds is 3. The monoisotopic (exact) mass is 366 g/mol. The van der Waals surface area contributed by atoms with Gasteiger partial charge in [0.05, 0.1) is 18.4 Å². The van der Waals surface area contributed by atoms with Crippen molar-refractivity contribution in [1.29, 1.82) is 0 Å². The average molecular weight is 366 g/mol. The van der Waals surface area contributed by atoms with Gasteiger partial charge < -0.3 is 15.8 Å². The van der Waals surface area contributed by atoms with Gasteiger partial charge in [-0.05, 0) is 12.1 Å². The molecule has 136 valence electrons. The van der Waals surface area contributed by atoms with Gasteiger partial charge in [-0.15, -0.1) is 0 Å². The lowest BCUT2D eigenvalue weighted by molar-refractivity contribution is -0.136. The number of fused-ring (bicyclic) bond motifs is 1. The Morgan fingerprint density at radius 1 is 1.31 bits per heavy atom. The number of nitrogen functional groups attached to an aromatic ring is 1. The summed E-state index contributed by atoms with van der Waals surface area (Å²) in [6, 6.07) is 2.25. The summed E-state index contributed by atoms with van der Waals surface area (Å²) >= 11 is 0. The molecular weight excluding hydrogens is 353 g/mol. The fraction of sp³-hybridized carbons (Fsp3) is 0.200. The molecule has 3 rings (SSSR count). The molecule has 3 aromatic rings. The zero-order valence-electron chi connectivity index (χ0n) is 13.6. The molecule has 3 heterocycles. The van der Waals surface area contributed by atoms with E-state index in [4.69, 9.17) is 10.5 Å². The minimum absolute atomic E-state index is 0.0409. The molecule has 0 atom stereocenters. The van der Waals surface area contributed by atoms with Gasteiger partial charge in [0.15, 0.2) is 5.82 Å². The summed E-state index contributed by atoms with van der Waals surface area (Å²) in [6.45, 7) is 0. The molecule has 0 saturated heterocycles. The Balaban J connectivity index is 2.30. The quantitative estimate of drug-likeness (QED) is 0.731. The topological polar surface area (TPSA) is 107 Å². The van der Waals surface area contributed by atoms with Crippen LogP contribution >= 0.6 is 0 Å². The van der Waals surface area contributed by atoms with Crippen molar-refractivity contribution in [2.75, 3.05) is 19.9 Å². The maximum absolute atomic E-state index is 13.4. The van der Waals surface area contributed by atoms with Crippen LogP contribution in [0.15, 0.2) is 24.7 Å². The van der Waals surface area contributed by atoms with Crippen LogP contribution in [0, 0.1) is 0 Å². The van der Waals surface area contributed by atoms with Crippen LogP contribution in [0.1, 0.15) is 15.9 Å². The van der Waals surface area contributed by atoms with Crippen molar-refractivity contribution in [3.63, 3.8) is 0 Å². The molecule has 0 spiro atoms. The molecule has 0 bridgehead atoms. The number of halogens is 3. The lowest BCUT2D eigenvalue weighted by Gasteiger charge is -2.09. The Bertz CT molecular complexity index is 999. The van der Waals surface area contributed by atoms with Crippen molar-refractivity contribution < 1.29 is 22.7 Å². The van der Waals surface area contributed by atoms with E-state index in [2.05, 4.69) is 20.4 Å². The van der Waals surface area contributed by atoms with E-state index in [1.807, 2.05) is 0 Å². The number of carbonyl (C=O) groups excluding carboxylic acids is 1. The first-order valence-corrected chi connectivity index (χ1v) is 7.23. The molecule has 0 radical (unpaired) electrons. The van der Waals surface area contributed by atoms with Gasteiger partial charge in [-0.25, -0.2) is 14.5 Å². The highest BCUT2D eigenvalue weighted by atomic mass is 19.4. The molecule has 3 N–H and O–H groups in total. The summed E-state index contributed by atoms with van der Waals surface area (Å²) in [7, 11) is 2.74. The first kappa shape index (κ1) is 17.5. The fourth-order valence-corrected chi connectivity index (χ4v) is 2.54. The second kappa shape index (κ2) is 6.17. The molecule has 0 fully saturated rings. The number of anilines is 1. The second-order valence-electron chi connectivity index (χ2n) is 5.21. The number of nitrogens with two attached hydrogens (primary N) is 1. The molecule has 0 aliphatic carbocycles. The third-order valence-corrected chi connectivity index (χ3v) is 3.70. The van der Waals surface area contributed by atoms with Crippen LogP contribution in [0.4, 0.5) is 19.0 Å². The predicted molar refractivity (Wildman–Crippen MR) is 85.6 cm³/mol. The average Bonchev–Trinajstić information content (AvgIpc) is 3.02. The van der Waals surface area contributed by atoms with Crippen LogP contribution < -0.4 is 15.8 Å². The fourth-order valence-electron chi connectivity index (χ4n) is 2.54. The van der Waals surface area contributed by atoms with Crippen LogP contribution in [-0.2, 0) is 6.18 Å².